The van der Waals surface area contributed by atoms with Crippen molar-refractivity contribution in [1.82, 2.24) is 10.6 Å². The highest BCUT2D eigenvalue weighted by Gasteiger charge is 2.14. The van der Waals surface area contributed by atoms with Gasteiger partial charge >= 0.3 is 6.03 Å². The van der Waals surface area contributed by atoms with Crippen molar-refractivity contribution in [3.05, 3.63) is 57.8 Å². The molecule has 0 aliphatic carbocycles. The lowest BCUT2D eigenvalue weighted by Gasteiger charge is -2.18. The molecule has 22 heavy (non-hydrogen) atoms. The SMILES string of the molecule is Cc1ccc(CNC(=O)NC(C)CC(O)c2ccccc2)s1. The van der Waals surface area contributed by atoms with Crippen LogP contribution in [-0.2, 0) is 6.54 Å². The quantitative estimate of drug-likeness (QED) is 0.765. The predicted molar refractivity (Wildman–Crippen MR) is 89.9 cm³/mol. The summed E-state index contributed by atoms with van der Waals surface area (Å²) in [5, 5.41) is 15.8. The second-order valence-corrected chi connectivity index (χ2v) is 6.78. The number of benzene rings is 1. The van der Waals surface area contributed by atoms with Crippen molar-refractivity contribution in [2.75, 3.05) is 0 Å². The van der Waals surface area contributed by atoms with Crippen LogP contribution in [0, 0.1) is 6.92 Å². The molecule has 1 aromatic carbocycles. The molecule has 4 nitrogen and oxygen atoms in total. The molecule has 2 rings (SSSR count). The van der Waals surface area contributed by atoms with Gasteiger partial charge in [-0.2, -0.15) is 0 Å². The minimum atomic E-state index is -0.573. The number of nitrogens with one attached hydrogen (secondary N) is 2. The molecule has 0 saturated heterocycles. The van der Waals surface area contributed by atoms with Crippen molar-refractivity contribution >= 4 is 17.4 Å². The van der Waals surface area contributed by atoms with Gasteiger partial charge in [0.1, 0.15) is 0 Å². The van der Waals surface area contributed by atoms with Crippen LogP contribution < -0.4 is 10.6 Å². The van der Waals surface area contributed by atoms with Crippen molar-refractivity contribution in [1.29, 1.82) is 0 Å². The number of thiophene rings is 1. The Morgan fingerprint density at radius 3 is 2.59 bits per heavy atom. The number of aliphatic hydroxyl groups is 1. The predicted octanol–water partition coefficient (Wildman–Crippen LogP) is 3.37. The zero-order chi connectivity index (χ0) is 15.9. The Morgan fingerprint density at radius 2 is 1.95 bits per heavy atom. The van der Waals surface area contributed by atoms with Crippen LogP contribution in [0.25, 0.3) is 0 Å². The van der Waals surface area contributed by atoms with E-state index < -0.39 is 6.10 Å². The van der Waals surface area contributed by atoms with E-state index in [0.29, 0.717) is 13.0 Å². The van der Waals surface area contributed by atoms with E-state index in [2.05, 4.69) is 10.6 Å². The molecule has 2 atom stereocenters. The Balaban J connectivity index is 1.74. The molecule has 0 radical (unpaired) electrons. The molecule has 0 bridgehead atoms. The third kappa shape index (κ3) is 5.16. The van der Waals surface area contributed by atoms with Crippen LogP contribution >= 0.6 is 11.3 Å². The topological polar surface area (TPSA) is 61.4 Å². The molecule has 1 heterocycles. The van der Waals surface area contributed by atoms with Crippen LogP contribution in [0.3, 0.4) is 0 Å². The summed E-state index contributed by atoms with van der Waals surface area (Å²) in [6.45, 7) is 4.46. The van der Waals surface area contributed by atoms with Crippen molar-refractivity contribution in [2.24, 2.45) is 0 Å². The van der Waals surface area contributed by atoms with Crippen molar-refractivity contribution in [3.8, 4) is 0 Å². The lowest BCUT2D eigenvalue weighted by Crippen LogP contribution is -2.40. The van der Waals surface area contributed by atoms with Crippen LogP contribution in [0.2, 0.25) is 0 Å². The van der Waals surface area contributed by atoms with E-state index in [4.69, 9.17) is 0 Å². The van der Waals surface area contributed by atoms with Crippen LogP contribution in [0.1, 0.15) is 34.8 Å². The Morgan fingerprint density at radius 1 is 1.23 bits per heavy atom. The third-order valence-electron chi connectivity index (χ3n) is 3.36. The van der Waals surface area contributed by atoms with Gasteiger partial charge in [0, 0.05) is 15.8 Å². The number of amides is 2. The van der Waals surface area contributed by atoms with E-state index in [1.165, 1.54) is 4.88 Å². The largest absolute Gasteiger partial charge is 0.388 e. The first kappa shape index (κ1) is 16.5. The number of hydrogen-bond acceptors (Lipinski definition) is 3. The van der Waals surface area contributed by atoms with Gasteiger partial charge < -0.3 is 15.7 Å². The average Bonchev–Trinajstić information content (AvgIpc) is 2.91. The lowest BCUT2D eigenvalue weighted by molar-refractivity contribution is 0.154. The molecule has 3 N–H and O–H groups in total. The maximum atomic E-state index is 11.9. The van der Waals surface area contributed by atoms with E-state index >= 15 is 0 Å². The highest BCUT2D eigenvalue weighted by molar-refractivity contribution is 7.11. The van der Waals surface area contributed by atoms with Crippen molar-refractivity contribution < 1.29 is 9.90 Å². The monoisotopic (exact) mass is 318 g/mol. The Hall–Kier alpha value is -1.85. The fourth-order valence-corrected chi connectivity index (χ4v) is 3.06. The number of aryl methyl sites for hydroxylation is 1. The summed E-state index contributed by atoms with van der Waals surface area (Å²) >= 11 is 1.67. The molecule has 0 spiro atoms. The number of urea groups is 1. The van der Waals surface area contributed by atoms with E-state index in [9.17, 15) is 9.90 Å². The molecular formula is C17H22N2O2S. The van der Waals surface area contributed by atoms with Gasteiger partial charge in [-0.3, -0.25) is 0 Å². The van der Waals surface area contributed by atoms with E-state index in [1.54, 1.807) is 11.3 Å². The summed E-state index contributed by atoms with van der Waals surface area (Å²) in [6.07, 6.45) is -0.0910. The number of carbonyl (C=O) groups is 1. The minimum absolute atomic E-state index is 0.111. The molecule has 0 fully saturated rings. The first-order chi connectivity index (χ1) is 10.5. The summed E-state index contributed by atoms with van der Waals surface area (Å²) in [7, 11) is 0. The van der Waals surface area contributed by atoms with Gasteiger partial charge in [0.15, 0.2) is 0 Å². The van der Waals surface area contributed by atoms with Crippen LogP contribution in [0.15, 0.2) is 42.5 Å². The molecule has 118 valence electrons. The fraction of sp³-hybridized carbons (Fsp3) is 0.353. The molecule has 2 aromatic rings. The molecule has 2 amide bonds. The highest BCUT2D eigenvalue weighted by atomic mass is 32.1. The smallest absolute Gasteiger partial charge is 0.315 e. The van der Waals surface area contributed by atoms with Gasteiger partial charge in [0.2, 0.25) is 0 Å². The maximum Gasteiger partial charge on any atom is 0.315 e. The molecular weight excluding hydrogens is 296 g/mol. The average molecular weight is 318 g/mol. The maximum absolute atomic E-state index is 11.9. The zero-order valence-electron chi connectivity index (χ0n) is 12.9. The van der Waals surface area contributed by atoms with Gasteiger partial charge in [0.05, 0.1) is 12.6 Å². The summed E-state index contributed by atoms with van der Waals surface area (Å²) in [5.41, 5.74) is 0.866. The van der Waals surface area contributed by atoms with Crippen molar-refractivity contribution in [2.45, 2.75) is 39.0 Å². The summed E-state index contributed by atoms with van der Waals surface area (Å²) in [4.78, 5) is 14.2. The normalized spacial score (nSPS) is 13.4. The molecule has 2 unspecified atom stereocenters. The molecule has 1 aromatic heterocycles. The van der Waals surface area contributed by atoms with Crippen LogP contribution in [-0.4, -0.2) is 17.2 Å². The number of hydrogen-bond donors (Lipinski definition) is 3. The minimum Gasteiger partial charge on any atom is -0.388 e. The Labute approximate surface area is 135 Å². The molecule has 5 heteroatoms. The number of aliphatic hydroxyl groups excluding tert-OH is 1. The van der Waals surface area contributed by atoms with E-state index in [0.717, 1.165) is 10.4 Å². The second-order valence-electron chi connectivity index (χ2n) is 5.40. The molecule has 0 saturated carbocycles. The van der Waals surface area contributed by atoms with Gasteiger partial charge in [-0.25, -0.2) is 4.79 Å². The summed E-state index contributed by atoms with van der Waals surface area (Å²) in [6, 6.07) is 13.2. The Kier molecular flexibility index (Phi) is 5.98. The molecule has 0 aliphatic rings. The number of rotatable bonds is 6. The third-order valence-corrected chi connectivity index (χ3v) is 4.36. The first-order valence-corrected chi connectivity index (χ1v) is 8.19. The standard InChI is InChI=1S/C17H22N2O2S/c1-12(10-16(20)14-6-4-3-5-7-14)19-17(21)18-11-15-9-8-13(2)22-15/h3-9,12,16,20H,10-11H2,1-2H3,(H2,18,19,21). The molecule has 0 aliphatic heterocycles. The first-order valence-electron chi connectivity index (χ1n) is 7.37. The highest BCUT2D eigenvalue weighted by Crippen LogP contribution is 2.17. The van der Waals surface area contributed by atoms with E-state index in [-0.39, 0.29) is 12.1 Å². The summed E-state index contributed by atoms with van der Waals surface area (Å²) in [5.74, 6) is 0. The van der Waals surface area contributed by atoms with Crippen LogP contribution in [0.4, 0.5) is 4.79 Å². The summed E-state index contributed by atoms with van der Waals surface area (Å²) < 4.78 is 0. The second kappa shape index (κ2) is 7.96. The van der Waals surface area contributed by atoms with Gasteiger partial charge in [-0.05, 0) is 38.0 Å². The van der Waals surface area contributed by atoms with E-state index in [1.807, 2.05) is 56.3 Å². The van der Waals surface area contributed by atoms with Crippen molar-refractivity contribution in [3.63, 3.8) is 0 Å². The van der Waals surface area contributed by atoms with Gasteiger partial charge in [-0.15, -0.1) is 11.3 Å². The number of carbonyl (C=O) groups excluding carboxylic acids is 1. The fourth-order valence-electron chi connectivity index (χ4n) is 2.23. The van der Waals surface area contributed by atoms with Gasteiger partial charge in [0.25, 0.3) is 0 Å². The van der Waals surface area contributed by atoms with Crippen LogP contribution in [0.5, 0.6) is 0 Å². The zero-order valence-corrected chi connectivity index (χ0v) is 13.7. The lowest BCUT2D eigenvalue weighted by atomic mass is 10.0. The van der Waals surface area contributed by atoms with Gasteiger partial charge in [-0.1, -0.05) is 30.3 Å². The Bertz CT molecular complexity index is 598.